The highest BCUT2D eigenvalue weighted by Crippen LogP contribution is 2.23. The lowest BCUT2D eigenvalue weighted by Crippen LogP contribution is -2.28. The zero-order chi connectivity index (χ0) is 12.3. The van der Waals surface area contributed by atoms with Crippen molar-refractivity contribution in [2.45, 2.75) is 45.8 Å². The molecule has 2 N–H and O–H groups in total. The molecule has 0 spiro atoms. The van der Waals surface area contributed by atoms with Crippen molar-refractivity contribution >= 4 is 0 Å². The van der Waals surface area contributed by atoms with Gasteiger partial charge in [0.05, 0.1) is 18.0 Å². The number of nitrogens with zero attached hydrogens (tertiary/aromatic N) is 2. The zero-order valence-corrected chi connectivity index (χ0v) is 10.8. The van der Waals surface area contributed by atoms with E-state index in [2.05, 4.69) is 30.3 Å². The number of hydrogen-bond donors (Lipinski definition) is 2. The third-order valence-corrected chi connectivity index (χ3v) is 3.30. The van der Waals surface area contributed by atoms with E-state index >= 15 is 0 Å². The Hall–Kier alpha value is -0.870. The van der Waals surface area contributed by atoms with Gasteiger partial charge in [0.1, 0.15) is 0 Å². The van der Waals surface area contributed by atoms with E-state index in [1.807, 2.05) is 4.68 Å². The van der Waals surface area contributed by atoms with Gasteiger partial charge in [0, 0.05) is 19.0 Å². The number of piperidine rings is 1. The summed E-state index contributed by atoms with van der Waals surface area (Å²) < 4.78 is 1.97. The van der Waals surface area contributed by atoms with Crippen LogP contribution in [0.4, 0.5) is 0 Å². The Morgan fingerprint density at radius 2 is 2.41 bits per heavy atom. The van der Waals surface area contributed by atoms with E-state index in [1.165, 1.54) is 12.8 Å². The molecule has 2 heterocycles. The molecule has 17 heavy (non-hydrogen) atoms. The van der Waals surface area contributed by atoms with Crippen molar-refractivity contribution in [3.63, 3.8) is 0 Å². The standard InChI is InChI=1S/C13H23N3O/c1-10(2)8-16-12(9-17)6-13(15-16)11-4-3-5-14-7-11/h6,10-11,14,17H,3-5,7-9H2,1-2H3. The Kier molecular flexibility index (Phi) is 4.18. The Morgan fingerprint density at radius 3 is 3.00 bits per heavy atom. The molecule has 1 atom stereocenters. The average Bonchev–Trinajstić information content (AvgIpc) is 2.72. The first kappa shape index (κ1) is 12.6. The molecule has 1 fully saturated rings. The third kappa shape index (κ3) is 3.07. The quantitative estimate of drug-likeness (QED) is 0.834. The van der Waals surface area contributed by atoms with E-state index in [9.17, 15) is 5.11 Å². The second kappa shape index (κ2) is 5.65. The Morgan fingerprint density at radius 1 is 1.59 bits per heavy atom. The lowest BCUT2D eigenvalue weighted by Gasteiger charge is -2.20. The molecule has 1 aromatic rings. The predicted octanol–water partition coefficient (Wildman–Crippen LogP) is 1.50. The minimum atomic E-state index is 0.0832. The molecule has 1 aromatic heterocycles. The van der Waals surface area contributed by atoms with Crippen LogP contribution in [0.15, 0.2) is 6.07 Å². The van der Waals surface area contributed by atoms with Crippen LogP contribution in [0, 0.1) is 5.92 Å². The monoisotopic (exact) mass is 237 g/mol. The van der Waals surface area contributed by atoms with Crippen molar-refractivity contribution in [1.29, 1.82) is 0 Å². The van der Waals surface area contributed by atoms with Gasteiger partial charge in [-0.15, -0.1) is 0 Å². The van der Waals surface area contributed by atoms with Gasteiger partial charge in [-0.1, -0.05) is 13.8 Å². The summed E-state index contributed by atoms with van der Waals surface area (Å²) in [5, 5.41) is 17.4. The van der Waals surface area contributed by atoms with Gasteiger partial charge in [0.25, 0.3) is 0 Å². The highest BCUT2D eigenvalue weighted by molar-refractivity contribution is 5.15. The highest BCUT2D eigenvalue weighted by Gasteiger charge is 2.19. The molecule has 4 heteroatoms. The van der Waals surface area contributed by atoms with Crippen LogP contribution >= 0.6 is 0 Å². The molecule has 1 unspecified atom stereocenters. The molecule has 0 radical (unpaired) electrons. The molecule has 0 saturated carbocycles. The molecule has 1 aliphatic heterocycles. The first-order valence-corrected chi connectivity index (χ1v) is 6.59. The maximum atomic E-state index is 9.37. The van der Waals surface area contributed by atoms with Crippen LogP contribution in [0.2, 0.25) is 0 Å². The summed E-state index contributed by atoms with van der Waals surface area (Å²) in [6.07, 6.45) is 2.42. The highest BCUT2D eigenvalue weighted by atomic mass is 16.3. The molecule has 0 aromatic carbocycles. The summed E-state index contributed by atoms with van der Waals surface area (Å²) in [7, 11) is 0. The Bertz CT molecular complexity index is 354. The van der Waals surface area contributed by atoms with E-state index in [-0.39, 0.29) is 6.61 Å². The maximum Gasteiger partial charge on any atom is 0.0849 e. The van der Waals surface area contributed by atoms with Gasteiger partial charge in [-0.05, 0) is 31.4 Å². The van der Waals surface area contributed by atoms with Crippen molar-refractivity contribution in [2.24, 2.45) is 5.92 Å². The van der Waals surface area contributed by atoms with Gasteiger partial charge < -0.3 is 10.4 Å². The fourth-order valence-corrected chi connectivity index (χ4v) is 2.41. The van der Waals surface area contributed by atoms with Crippen molar-refractivity contribution < 1.29 is 5.11 Å². The van der Waals surface area contributed by atoms with Crippen LogP contribution in [0.3, 0.4) is 0 Å². The molecule has 4 nitrogen and oxygen atoms in total. The number of hydrogen-bond acceptors (Lipinski definition) is 3. The predicted molar refractivity (Wildman–Crippen MR) is 67.8 cm³/mol. The first-order valence-electron chi connectivity index (χ1n) is 6.59. The van der Waals surface area contributed by atoms with Crippen molar-refractivity contribution in [3.8, 4) is 0 Å². The van der Waals surface area contributed by atoms with Crippen LogP contribution in [-0.2, 0) is 13.2 Å². The van der Waals surface area contributed by atoms with Crippen LogP contribution in [0.5, 0.6) is 0 Å². The Labute approximate surface area is 103 Å². The van der Waals surface area contributed by atoms with E-state index in [4.69, 9.17) is 0 Å². The van der Waals surface area contributed by atoms with Gasteiger partial charge >= 0.3 is 0 Å². The second-order valence-electron chi connectivity index (χ2n) is 5.34. The molecule has 0 bridgehead atoms. The Balaban J connectivity index is 2.14. The summed E-state index contributed by atoms with van der Waals surface area (Å²) >= 11 is 0. The lowest BCUT2D eigenvalue weighted by molar-refractivity contribution is 0.264. The van der Waals surface area contributed by atoms with Crippen molar-refractivity contribution in [3.05, 3.63) is 17.5 Å². The van der Waals surface area contributed by atoms with Gasteiger partial charge in [-0.2, -0.15) is 5.10 Å². The summed E-state index contributed by atoms with van der Waals surface area (Å²) in [5.41, 5.74) is 2.08. The smallest absolute Gasteiger partial charge is 0.0849 e. The third-order valence-electron chi connectivity index (χ3n) is 3.30. The summed E-state index contributed by atoms with van der Waals surface area (Å²) in [6.45, 7) is 7.45. The first-order chi connectivity index (χ1) is 8.20. The van der Waals surface area contributed by atoms with Crippen LogP contribution in [0.1, 0.15) is 44.0 Å². The fraction of sp³-hybridized carbons (Fsp3) is 0.769. The zero-order valence-electron chi connectivity index (χ0n) is 10.8. The van der Waals surface area contributed by atoms with Crippen LogP contribution in [0.25, 0.3) is 0 Å². The number of aliphatic hydroxyl groups excluding tert-OH is 1. The number of rotatable bonds is 4. The van der Waals surface area contributed by atoms with Crippen molar-refractivity contribution in [2.75, 3.05) is 13.1 Å². The normalized spacial score (nSPS) is 21.1. The fourth-order valence-electron chi connectivity index (χ4n) is 2.41. The molecular weight excluding hydrogens is 214 g/mol. The minimum absolute atomic E-state index is 0.0832. The van der Waals surface area contributed by atoms with E-state index < -0.39 is 0 Å². The van der Waals surface area contributed by atoms with Crippen molar-refractivity contribution in [1.82, 2.24) is 15.1 Å². The molecule has 0 aliphatic carbocycles. The molecule has 0 amide bonds. The maximum absolute atomic E-state index is 9.37. The molecule has 2 rings (SSSR count). The van der Waals surface area contributed by atoms with Crippen LogP contribution < -0.4 is 5.32 Å². The average molecular weight is 237 g/mol. The second-order valence-corrected chi connectivity index (χ2v) is 5.34. The SMILES string of the molecule is CC(C)Cn1nc(C2CCCNC2)cc1CO. The number of aromatic nitrogens is 2. The van der Waals surface area contributed by atoms with Gasteiger partial charge in [-0.3, -0.25) is 4.68 Å². The lowest BCUT2D eigenvalue weighted by atomic mass is 9.96. The summed E-state index contributed by atoms with van der Waals surface area (Å²) in [6, 6.07) is 2.07. The largest absolute Gasteiger partial charge is 0.390 e. The molecule has 1 aliphatic rings. The van der Waals surface area contributed by atoms with Crippen LogP contribution in [-0.4, -0.2) is 28.0 Å². The minimum Gasteiger partial charge on any atom is -0.390 e. The molecule has 96 valence electrons. The molecular formula is C13H23N3O. The topological polar surface area (TPSA) is 50.1 Å². The summed E-state index contributed by atoms with van der Waals surface area (Å²) in [5.74, 6) is 1.07. The van der Waals surface area contributed by atoms with E-state index in [1.54, 1.807) is 0 Å². The van der Waals surface area contributed by atoms with Gasteiger partial charge in [-0.25, -0.2) is 0 Å². The molecule has 1 saturated heterocycles. The van der Waals surface area contributed by atoms with Gasteiger partial charge in [0.15, 0.2) is 0 Å². The number of aliphatic hydroxyl groups is 1. The number of nitrogens with one attached hydrogen (secondary N) is 1. The summed E-state index contributed by atoms with van der Waals surface area (Å²) in [4.78, 5) is 0. The van der Waals surface area contributed by atoms with E-state index in [0.717, 1.165) is 31.0 Å². The van der Waals surface area contributed by atoms with E-state index in [0.29, 0.717) is 11.8 Å². The van der Waals surface area contributed by atoms with Gasteiger partial charge in [0.2, 0.25) is 0 Å².